The van der Waals surface area contributed by atoms with E-state index in [2.05, 4.69) is 20.8 Å². The van der Waals surface area contributed by atoms with E-state index in [1.807, 2.05) is 24.3 Å². The van der Waals surface area contributed by atoms with E-state index in [1.54, 1.807) is 24.3 Å². The Kier molecular flexibility index (Phi) is 4.89. The first-order chi connectivity index (χ1) is 13.6. The lowest BCUT2D eigenvalue weighted by Gasteiger charge is -2.14. The predicted molar refractivity (Wildman–Crippen MR) is 102 cm³/mol. The molecule has 1 atom stereocenters. The average molecular weight is 378 g/mol. The molecule has 0 radical (unpaired) electrons. The standard InChI is InChI=1S/C21H19FN4O2/c22-16-7-3-1-6-14(16)11-15-12-19(26-25-15)21(28)24-18-10-9-13-5-2-4-8-17(13)23-20(18)27/h1-8,12,18H,9-11H2,(H,23,27)(H,24,28)(H,25,26)/t18-/m0/s1. The number of hydrogen-bond acceptors (Lipinski definition) is 3. The van der Waals surface area contributed by atoms with Crippen LogP contribution in [0.25, 0.3) is 0 Å². The summed E-state index contributed by atoms with van der Waals surface area (Å²) in [5.74, 6) is -1.000. The van der Waals surface area contributed by atoms with Gasteiger partial charge in [0.15, 0.2) is 0 Å². The first kappa shape index (κ1) is 17.9. The van der Waals surface area contributed by atoms with Crippen LogP contribution in [0.1, 0.15) is 33.7 Å². The number of carbonyl (C=O) groups excluding carboxylic acids is 2. The van der Waals surface area contributed by atoms with Crippen molar-refractivity contribution in [2.75, 3.05) is 5.32 Å². The summed E-state index contributed by atoms with van der Waals surface area (Å²) in [4.78, 5) is 25.0. The van der Waals surface area contributed by atoms with E-state index in [0.717, 1.165) is 11.3 Å². The largest absolute Gasteiger partial charge is 0.339 e. The second-order valence-corrected chi connectivity index (χ2v) is 6.76. The third-order valence-corrected chi connectivity index (χ3v) is 4.80. The van der Waals surface area contributed by atoms with Gasteiger partial charge in [-0.1, -0.05) is 36.4 Å². The fourth-order valence-electron chi connectivity index (χ4n) is 3.30. The molecule has 6 nitrogen and oxygen atoms in total. The van der Waals surface area contributed by atoms with Crippen LogP contribution in [-0.2, 0) is 17.6 Å². The van der Waals surface area contributed by atoms with E-state index >= 15 is 0 Å². The van der Waals surface area contributed by atoms with E-state index in [-0.39, 0.29) is 17.4 Å². The smallest absolute Gasteiger partial charge is 0.272 e. The molecule has 0 saturated heterocycles. The van der Waals surface area contributed by atoms with Gasteiger partial charge in [-0.15, -0.1) is 0 Å². The zero-order chi connectivity index (χ0) is 19.5. The van der Waals surface area contributed by atoms with E-state index in [9.17, 15) is 14.0 Å². The molecular formula is C21H19FN4O2. The Morgan fingerprint density at radius 2 is 1.96 bits per heavy atom. The number of halogens is 1. The van der Waals surface area contributed by atoms with Gasteiger partial charge in [-0.3, -0.25) is 14.7 Å². The van der Waals surface area contributed by atoms with E-state index in [0.29, 0.717) is 30.5 Å². The maximum atomic E-state index is 13.8. The van der Waals surface area contributed by atoms with Crippen LogP contribution in [0, 0.1) is 5.82 Å². The van der Waals surface area contributed by atoms with Crippen LogP contribution in [0.3, 0.4) is 0 Å². The topological polar surface area (TPSA) is 86.9 Å². The van der Waals surface area contributed by atoms with Gasteiger partial charge >= 0.3 is 0 Å². The Morgan fingerprint density at radius 3 is 2.82 bits per heavy atom. The van der Waals surface area contributed by atoms with E-state index in [1.165, 1.54) is 6.07 Å². The SMILES string of the molecule is O=C(N[C@H]1CCc2ccccc2NC1=O)c1cc(Cc2ccccc2F)[nH]n1. The molecule has 3 N–H and O–H groups in total. The van der Waals surface area contributed by atoms with Crippen molar-refractivity contribution < 1.29 is 14.0 Å². The van der Waals surface area contributed by atoms with Crippen molar-refractivity contribution in [1.29, 1.82) is 0 Å². The number of H-pyrrole nitrogens is 1. The van der Waals surface area contributed by atoms with Gasteiger partial charge < -0.3 is 10.6 Å². The summed E-state index contributed by atoms with van der Waals surface area (Å²) in [6, 6.07) is 15.0. The Balaban J connectivity index is 1.42. The molecule has 142 valence electrons. The minimum Gasteiger partial charge on any atom is -0.339 e. The zero-order valence-electron chi connectivity index (χ0n) is 15.0. The summed E-state index contributed by atoms with van der Waals surface area (Å²) in [5, 5.41) is 12.4. The van der Waals surface area contributed by atoms with E-state index < -0.39 is 11.9 Å². The van der Waals surface area contributed by atoms with Crippen LogP contribution in [0.15, 0.2) is 54.6 Å². The summed E-state index contributed by atoms with van der Waals surface area (Å²) in [7, 11) is 0. The molecule has 0 bridgehead atoms. The maximum absolute atomic E-state index is 13.8. The molecule has 0 spiro atoms. The van der Waals surface area contributed by atoms with Crippen molar-refractivity contribution in [1.82, 2.24) is 15.5 Å². The molecule has 0 saturated carbocycles. The number of hydrogen-bond donors (Lipinski definition) is 3. The van der Waals surface area contributed by atoms with Gasteiger partial charge in [0, 0.05) is 17.8 Å². The van der Waals surface area contributed by atoms with Crippen LogP contribution >= 0.6 is 0 Å². The zero-order valence-corrected chi connectivity index (χ0v) is 15.0. The fraction of sp³-hybridized carbons (Fsp3) is 0.190. The number of anilines is 1. The van der Waals surface area contributed by atoms with Gasteiger partial charge in [0.25, 0.3) is 5.91 Å². The third kappa shape index (κ3) is 3.78. The summed E-state index contributed by atoms with van der Waals surface area (Å²) in [6.45, 7) is 0. The quantitative estimate of drug-likeness (QED) is 0.652. The lowest BCUT2D eigenvalue weighted by Crippen LogP contribution is -2.43. The van der Waals surface area contributed by atoms with Crippen molar-refractivity contribution >= 4 is 17.5 Å². The summed E-state index contributed by atoms with van der Waals surface area (Å²) < 4.78 is 13.8. The minimum atomic E-state index is -0.647. The molecule has 28 heavy (non-hydrogen) atoms. The van der Waals surface area contributed by atoms with Crippen molar-refractivity contribution in [2.45, 2.75) is 25.3 Å². The van der Waals surface area contributed by atoms with Gasteiger partial charge in [0.2, 0.25) is 5.91 Å². The first-order valence-corrected chi connectivity index (χ1v) is 9.07. The third-order valence-electron chi connectivity index (χ3n) is 4.80. The lowest BCUT2D eigenvalue weighted by molar-refractivity contribution is -0.118. The molecule has 1 aliphatic rings. The maximum Gasteiger partial charge on any atom is 0.272 e. The summed E-state index contributed by atoms with van der Waals surface area (Å²) in [5.41, 5.74) is 3.11. The number of carbonyl (C=O) groups is 2. The highest BCUT2D eigenvalue weighted by Crippen LogP contribution is 2.21. The number of fused-ring (bicyclic) bond motifs is 1. The van der Waals surface area contributed by atoms with Crippen LogP contribution in [-0.4, -0.2) is 28.1 Å². The van der Waals surface area contributed by atoms with E-state index in [4.69, 9.17) is 0 Å². The fourth-order valence-corrected chi connectivity index (χ4v) is 3.30. The molecule has 2 aromatic carbocycles. The molecule has 1 aliphatic heterocycles. The van der Waals surface area contributed by atoms with Gasteiger partial charge in [0.05, 0.1) is 0 Å². The Morgan fingerprint density at radius 1 is 1.18 bits per heavy atom. The number of aromatic nitrogens is 2. The highest BCUT2D eigenvalue weighted by atomic mass is 19.1. The molecule has 4 rings (SSSR count). The number of nitrogens with zero attached hydrogens (tertiary/aromatic N) is 1. The Hall–Kier alpha value is -3.48. The minimum absolute atomic E-state index is 0.168. The molecule has 3 aromatic rings. The number of benzene rings is 2. The molecule has 2 heterocycles. The summed E-state index contributed by atoms with van der Waals surface area (Å²) in [6.07, 6.45) is 1.48. The number of amides is 2. The monoisotopic (exact) mass is 378 g/mol. The number of para-hydroxylation sites is 1. The van der Waals surface area contributed by atoms with Gasteiger partial charge in [-0.2, -0.15) is 5.10 Å². The second kappa shape index (κ2) is 7.64. The predicted octanol–water partition coefficient (Wildman–Crippen LogP) is 2.82. The van der Waals surface area contributed by atoms with Gasteiger partial charge in [0.1, 0.15) is 17.6 Å². The van der Waals surface area contributed by atoms with Crippen LogP contribution < -0.4 is 10.6 Å². The Bertz CT molecular complexity index is 1030. The first-order valence-electron chi connectivity index (χ1n) is 9.07. The van der Waals surface area contributed by atoms with Gasteiger partial charge in [-0.25, -0.2) is 4.39 Å². The van der Waals surface area contributed by atoms with Crippen LogP contribution in [0.4, 0.5) is 10.1 Å². The van der Waals surface area contributed by atoms with Crippen molar-refractivity contribution in [3.63, 3.8) is 0 Å². The molecule has 1 aromatic heterocycles. The van der Waals surface area contributed by atoms with Crippen molar-refractivity contribution in [2.24, 2.45) is 0 Å². The molecule has 0 unspecified atom stereocenters. The highest BCUT2D eigenvalue weighted by molar-refractivity contribution is 6.01. The molecule has 2 amide bonds. The van der Waals surface area contributed by atoms with Crippen LogP contribution in [0.5, 0.6) is 0 Å². The Labute approximate surface area is 161 Å². The normalized spacial score (nSPS) is 16.0. The van der Waals surface area contributed by atoms with Crippen molar-refractivity contribution in [3.05, 3.63) is 82.9 Å². The highest BCUT2D eigenvalue weighted by Gasteiger charge is 2.26. The number of aryl methyl sites for hydroxylation is 1. The molecule has 7 heteroatoms. The summed E-state index contributed by atoms with van der Waals surface area (Å²) >= 11 is 0. The second-order valence-electron chi connectivity index (χ2n) is 6.76. The van der Waals surface area contributed by atoms with Crippen molar-refractivity contribution in [3.8, 4) is 0 Å². The lowest BCUT2D eigenvalue weighted by atomic mass is 10.1. The number of rotatable bonds is 4. The number of nitrogens with one attached hydrogen (secondary N) is 3. The molecular weight excluding hydrogens is 359 g/mol. The number of aromatic amines is 1. The van der Waals surface area contributed by atoms with Crippen LogP contribution in [0.2, 0.25) is 0 Å². The average Bonchev–Trinajstić information content (AvgIpc) is 3.10. The molecule has 0 fully saturated rings. The van der Waals surface area contributed by atoms with Gasteiger partial charge in [-0.05, 0) is 42.2 Å². The molecule has 0 aliphatic carbocycles.